The lowest BCUT2D eigenvalue weighted by molar-refractivity contribution is -0.131. The summed E-state index contributed by atoms with van der Waals surface area (Å²) in [6, 6.07) is 0. The Balaban J connectivity index is 2.89. The minimum atomic E-state index is -0.945. The van der Waals surface area contributed by atoms with Crippen molar-refractivity contribution in [3.8, 4) is 0 Å². The lowest BCUT2D eigenvalue weighted by Gasteiger charge is -2.32. The van der Waals surface area contributed by atoms with E-state index in [-0.39, 0.29) is 11.2 Å². The summed E-state index contributed by atoms with van der Waals surface area (Å²) in [7, 11) is 0. The maximum absolute atomic E-state index is 11.9. The standard InChI is InChI=1S/C20H26O3/c1-14(7-6-8-15(2)13-19(22)23)9-10-17-16(3)18(21)11-12-20(17,4)5/h6-10,13H,11-12H2,1-5H3,(H,22,23)/b8-6?,10-9?,14-7?,15-13+. The van der Waals surface area contributed by atoms with Gasteiger partial charge in [0.05, 0.1) is 0 Å². The predicted octanol–water partition coefficient (Wildman–Crippen LogP) is 4.78. The Morgan fingerprint density at radius 1 is 1.17 bits per heavy atom. The molecule has 0 aromatic rings. The molecule has 1 rings (SSSR count). The third-order valence-corrected chi connectivity index (χ3v) is 4.11. The summed E-state index contributed by atoms with van der Waals surface area (Å²) in [6.45, 7) is 9.96. The van der Waals surface area contributed by atoms with Crippen LogP contribution in [0.2, 0.25) is 0 Å². The average Bonchev–Trinajstić information content (AvgIpc) is 2.42. The van der Waals surface area contributed by atoms with Crippen LogP contribution in [-0.4, -0.2) is 16.9 Å². The zero-order valence-electron chi connectivity index (χ0n) is 14.6. The molecular formula is C20H26O3. The zero-order valence-corrected chi connectivity index (χ0v) is 14.6. The van der Waals surface area contributed by atoms with E-state index < -0.39 is 5.97 Å². The summed E-state index contributed by atoms with van der Waals surface area (Å²) in [6.07, 6.45) is 12.2. The number of Topliss-reactive ketones (excluding diaryl/α,β-unsaturated/α-hetero) is 1. The van der Waals surface area contributed by atoms with Crippen molar-refractivity contribution >= 4 is 11.8 Å². The van der Waals surface area contributed by atoms with Gasteiger partial charge >= 0.3 is 5.97 Å². The molecule has 0 amide bonds. The molecule has 1 aliphatic carbocycles. The smallest absolute Gasteiger partial charge is 0.328 e. The van der Waals surface area contributed by atoms with E-state index in [9.17, 15) is 9.59 Å². The number of rotatable bonds is 5. The molecule has 1 N–H and O–H groups in total. The van der Waals surface area contributed by atoms with Gasteiger partial charge in [0.25, 0.3) is 0 Å². The molecule has 0 radical (unpaired) electrons. The third-order valence-electron chi connectivity index (χ3n) is 4.11. The van der Waals surface area contributed by atoms with Gasteiger partial charge in [0.2, 0.25) is 0 Å². The van der Waals surface area contributed by atoms with Gasteiger partial charge in [-0.05, 0) is 49.3 Å². The quantitative estimate of drug-likeness (QED) is 0.587. The average molecular weight is 314 g/mol. The minimum absolute atomic E-state index is 0.0193. The lowest BCUT2D eigenvalue weighted by atomic mass is 9.72. The van der Waals surface area contributed by atoms with Gasteiger partial charge < -0.3 is 5.11 Å². The molecule has 3 nitrogen and oxygen atoms in total. The molecule has 0 saturated carbocycles. The number of allylic oxidation sites excluding steroid dienone is 9. The van der Waals surface area contributed by atoms with Gasteiger partial charge in [0.15, 0.2) is 5.78 Å². The van der Waals surface area contributed by atoms with Crippen molar-refractivity contribution in [2.45, 2.75) is 47.5 Å². The highest BCUT2D eigenvalue weighted by Crippen LogP contribution is 2.39. The van der Waals surface area contributed by atoms with Gasteiger partial charge in [-0.2, -0.15) is 0 Å². The van der Waals surface area contributed by atoms with E-state index in [1.54, 1.807) is 13.0 Å². The molecule has 124 valence electrons. The van der Waals surface area contributed by atoms with Crippen LogP contribution in [0.3, 0.4) is 0 Å². The van der Waals surface area contributed by atoms with Crippen molar-refractivity contribution in [3.05, 3.63) is 58.7 Å². The van der Waals surface area contributed by atoms with Crippen molar-refractivity contribution in [1.29, 1.82) is 0 Å². The van der Waals surface area contributed by atoms with Crippen LogP contribution in [0, 0.1) is 5.41 Å². The van der Waals surface area contributed by atoms with Gasteiger partial charge in [0, 0.05) is 12.5 Å². The number of hydrogen-bond acceptors (Lipinski definition) is 2. The summed E-state index contributed by atoms with van der Waals surface area (Å²) in [5, 5.41) is 8.65. The van der Waals surface area contributed by atoms with Crippen LogP contribution in [0.5, 0.6) is 0 Å². The number of carbonyl (C=O) groups excluding carboxylic acids is 1. The topological polar surface area (TPSA) is 54.4 Å². The van der Waals surface area contributed by atoms with Crippen molar-refractivity contribution in [2.24, 2.45) is 5.41 Å². The van der Waals surface area contributed by atoms with Gasteiger partial charge in [-0.3, -0.25) is 4.79 Å². The van der Waals surface area contributed by atoms with Crippen LogP contribution in [0.1, 0.15) is 47.5 Å². The molecular weight excluding hydrogens is 288 g/mol. The number of ketones is 1. The van der Waals surface area contributed by atoms with E-state index in [0.717, 1.165) is 23.1 Å². The molecule has 0 unspecified atom stereocenters. The van der Waals surface area contributed by atoms with Gasteiger partial charge in [0.1, 0.15) is 0 Å². The number of aliphatic carboxylic acids is 1. The Kier molecular flexibility index (Phi) is 6.49. The highest BCUT2D eigenvalue weighted by Gasteiger charge is 2.30. The molecule has 0 aromatic carbocycles. The van der Waals surface area contributed by atoms with E-state index in [1.807, 2.05) is 38.2 Å². The molecule has 0 saturated heterocycles. The van der Waals surface area contributed by atoms with Gasteiger partial charge in [-0.25, -0.2) is 4.79 Å². The maximum Gasteiger partial charge on any atom is 0.328 e. The fourth-order valence-corrected chi connectivity index (χ4v) is 2.62. The molecule has 0 aliphatic heterocycles. The molecule has 0 aromatic heterocycles. The summed E-state index contributed by atoms with van der Waals surface area (Å²) in [5.74, 6) is -0.709. The fourth-order valence-electron chi connectivity index (χ4n) is 2.62. The minimum Gasteiger partial charge on any atom is -0.478 e. The first-order chi connectivity index (χ1) is 10.6. The summed E-state index contributed by atoms with van der Waals surface area (Å²) < 4.78 is 0. The van der Waals surface area contributed by atoms with Crippen LogP contribution in [0.25, 0.3) is 0 Å². The Bertz CT molecular complexity index is 638. The number of carboxylic acid groups (broad SMARTS) is 1. The maximum atomic E-state index is 11.9. The van der Waals surface area contributed by atoms with Crippen LogP contribution < -0.4 is 0 Å². The summed E-state index contributed by atoms with van der Waals surface area (Å²) >= 11 is 0. The van der Waals surface area contributed by atoms with Gasteiger partial charge in [-0.15, -0.1) is 0 Å². The molecule has 0 spiro atoms. The largest absolute Gasteiger partial charge is 0.478 e. The molecule has 23 heavy (non-hydrogen) atoms. The third kappa shape index (κ3) is 5.85. The zero-order chi connectivity index (χ0) is 17.6. The van der Waals surface area contributed by atoms with Crippen LogP contribution in [0.15, 0.2) is 58.7 Å². The second-order valence-electron chi connectivity index (χ2n) is 6.68. The second-order valence-corrected chi connectivity index (χ2v) is 6.68. The number of carbonyl (C=O) groups is 2. The Morgan fingerprint density at radius 3 is 2.43 bits per heavy atom. The van der Waals surface area contributed by atoms with E-state index in [2.05, 4.69) is 13.8 Å². The fraction of sp³-hybridized carbons (Fsp3) is 0.400. The van der Waals surface area contributed by atoms with Gasteiger partial charge in [-0.1, -0.05) is 49.8 Å². The first-order valence-electron chi connectivity index (χ1n) is 7.82. The number of carboxylic acids is 1. The SMILES string of the molecule is CC(C=CC1=C(C)C(=O)CCC1(C)C)=CC=C/C(C)=C/C(=O)O. The summed E-state index contributed by atoms with van der Waals surface area (Å²) in [5.41, 5.74) is 3.71. The number of hydrogen-bond donors (Lipinski definition) is 1. The van der Waals surface area contributed by atoms with Crippen molar-refractivity contribution in [2.75, 3.05) is 0 Å². The van der Waals surface area contributed by atoms with Crippen molar-refractivity contribution in [1.82, 2.24) is 0 Å². The van der Waals surface area contributed by atoms with Crippen LogP contribution in [-0.2, 0) is 9.59 Å². The van der Waals surface area contributed by atoms with E-state index in [1.165, 1.54) is 6.08 Å². The molecule has 0 heterocycles. The van der Waals surface area contributed by atoms with Crippen LogP contribution in [0.4, 0.5) is 0 Å². The van der Waals surface area contributed by atoms with Crippen molar-refractivity contribution in [3.63, 3.8) is 0 Å². The Hall–Kier alpha value is -2.16. The lowest BCUT2D eigenvalue weighted by Crippen LogP contribution is -2.24. The first kappa shape index (κ1) is 18.9. The Morgan fingerprint density at radius 2 is 1.83 bits per heavy atom. The normalized spacial score (nSPS) is 20.0. The first-order valence-corrected chi connectivity index (χ1v) is 7.82. The monoisotopic (exact) mass is 314 g/mol. The molecule has 3 heteroatoms. The van der Waals surface area contributed by atoms with Crippen molar-refractivity contribution < 1.29 is 14.7 Å². The molecule has 0 bridgehead atoms. The molecule has 0 fully saturated rings. The van der Waals surface area contributed by atoms with E-state index >= 15 is 0 Å². The van der Waals surface area contributed by atoms with Crippen LogP contribution >= 0.6 is 0 Å². The van der Waals surface area contributed by atoms with E-state index in [4.69, 9.17) is 5.11 Å². The Labute approximate surface area is 138 Å². The predicted molar refractivity (Wildman–Crippen MR) is 94.2 cm³/mol. The molecule has 0 atom stereocenters. The van der Waals surface area contributed by atoms with E-state index in [0.29, 0.717) is 12.0 Å². The highest BCUT2D eigenvalue weighted by molar-refractivity contribution is 5.97. The molecule has 1 aliphatic rings. The second kappa shape index (κ2) is 7.91. The summed E-state index contributed by atoms with van der Waals surface area (Å²) in [4.78, 5) is 22.4. The highest BCUT2D eigenvalue weighted by atomic mass is 16.4.